The van der Waals surface area contributed by atoms with Crippen LogP contribution in [0.25, 0.3) is 0 Å². The first kappa shape index (κ1) is 14.5. The van der Waals surface area contributed by atoms with E-state index < -0.39 is 0 Å². The van der Waals surface area contributed by atoms with Gasteiger partial charge in [0.2, 0.25) is 5.91 Å². The van der Waals surface area contributed by atoms with E-state index in [-0.39, 0.29) is 5.91 Å². The number of unbranched alkanes of at least 4 members (excludes halogenated alkanes) is 1. The number of amides is 1. The predicted octanol–water partition coefficient (Wildman–Crippen LogP) is 2.46. The molecule has 1 saturated carbocycles. The van der Waals surface area contributed by atoms with E-state index in [9.17, 15) is 4.79 Å². The summed E-state index contributed by atoms with van der Waals surface area (Å²) < 4.78 is 0. The Labute approximate surface area is 106 Å². The first-order valence-corrected chi connectivity index (χ1v) is 7.24. The van der Waals surface area contributed by atoms with Gasteiger partial charge in [0, 0.05) is 12.6 Å². The summed E-state index contributed by atoms with van der Waals surface area (Å²) in [6, 6.07) is 0.479. The molecule has 17 heavy (non-hydrogen) atoms. The Morgan fingerprint density at radius 2 is 2.00 bits per heavy atom. The van der Waals surface area contributed by atoms with Gasteiger partial charge in [-0.1, -0.05) is 32.6 Å². The first-order chi connectivity index (χ1) is 8.24. The number of carbonyl (C=O) groups excluding carboxylic acids is 1. The number of carbonyl (C=O) groups is 1. The number of hydrogen-bond acceptors (Lipinski definition) is 2. The fraction of sp³-hybridized carbons (Fsp3) is 0.929. The van der Waals surface area contributed by atoms with Crippen LogP contribution in [0.1, 0.15) is 58.8 Å². The van der Waals surface area contributed by atoms with Gasteiger partial charge in [-0.05, 0) is 32.1 Å². The van der Waals surface area contributed by atoms with Gasteiger partial charge >= 0.3 is 0 Å². The molecule has 2 N–H and O–H groups in total. The van der Waals surface area contributed by atoms with Crippen molar-refractivity contribution in [3.8, 4) is 0 Å². The Morgan fingerprint density at radius 3 is 2.65 bits per heavy atom. The van der Waals surface area contributed by atoms with Crippen LogP contribution in [0.4, 0.5) is 0 Å². The van der Waals surface area contributed by atoms with Crippen LogP contribution in [-0.4, -0.2) is 25.0 Å². The van der Waals surface area contributed by atoms with Gasteiger partial charge in [-0.2, -0.15) is 0 Å². The summed E-state index contributed by atoms with van der Waals surface area (Å²) in [6.07, 6.45) is 8.97. The minimum absolute atomic E-state index is 0.140. The van der Waals surface area contributed by atoms with Crippen molar-refractivity contribution in [3.63, 3.8) is 0 Å². The number of hydrogen-bond donors (Lipinski definition) is 2. The second-order valence-electron chi connectivity index (χ2n) is 5.27. The van der Waals surface area contributed by atoms with Gasteiger partial charge in [0.05, 0.1) is 6.54 Å². The summed E-state index contributed by atoms with van der Waals surface area (Å²) in [6.45, 7) is 5.64. The molecule has 100 valence electrons. The van der Waals surface area contributed by atoms with Gasteiger partial charge in [-0.3, -0.25) is 4.79 Å². The van der Waals surface area contributed by atoms with Crippen LogP contribution in [0.3, 0.4) is 0 Å². The summed E-state index contributed by atoms with van der Waals surface area (Å²) in [5.74, 6) is 0.910. The molecule has 0 aromatic carbocycles. The van der Waals surface area contributed by atoms with Crippen LogP contribution in [-0.2, 0) is 4.79 Å². The van der Waals surface area contributed by atoms with Gasteiger partial charge in [-0.25, -0.2) is 0 Å². The van der Waals surface area contributed by atoms with Crippen LogP contribution in [0.5, 0.6) is 0 Å². The van der Waals surface area contributed by atoms with Crippen LogP contribution < -0.4 is 10.6 Å². The smallest absolute Gasteiger partial charge is 0.233 e. The normalized spacial score (nSPS) is 18.9. The first-order valence-electron chi connectivity index (χ1n) is 7.24. The lowest BCUT2D eigenvalue weighted by Crippen LogP contribution is -2.41. The van der Waals surface area contributed by atoms with Gasteiger partial charge in [-0.15, -0.1) is 0 Å². The fourth-order valence-electron chi connectivity index (χ4n) is 2.52. The van der Waals surface area contributed by atoms with E-state index >= 15 is 0 Å². The van der Waals surface area contributed by atoms with Crippen molar-refractivity contribution in [1.29, 1.82) is 0 Å². The van der Waals surface area contributed by atoms with Crippen molar-refractivity contribution in [2.24, 2.45) is 5.92 Å². The van der Waals surface area contributed by atoms with Crippen molar-refractivity contribution in [2.45, 2.75) is 64.8 Å². The number of nitrogens with one attached hydrogen (secondary N) is 2. The molecule has 1 aliphatic rings. The molecule has 1 atom stereocenters. The van der Waals surface area contributed by atoms with E-state index in [4.69, 9.17) is 0 Å². The largest absolute Gasteiger partial charge is 0.355 e. The molecule has 1 amide bonds. The SMILES string of the molecule is CCCCNC(=O)CN[C@H](C)C1CCCCC1. The number of rotatable bonds is 7. The molecular weight excluding hydrogens is 212 g/mol. The average molecular weight is 240 g/mol. The predicted molar refractivity (Wildman–Crippen MR) is 72.0 cm³/mol. The zero-order valence-electron chi connectivity index (χ0n) is 11.4. The van der Waals surface area contributed by atoms with Gasteiger partial charge in [0.1, 0.15) is 0 Å². The Hall–Kier alpha value is -0.570. The zero-order chi connectivity index (χ0) is 12.5. The molecule has 0 unspecified atom stereocenters. The molecule has 0 spiro atoms. The lowest BCUT2D eigenvalue weighted by molar-refractivity contribution is -0.120. The molecule has 0 aliphatic heterocycles. The highest BCUT2D eigenvalue weighted by molar-refractivity contribution is 5.77. The molecule has 0 radical (unpaired) electrons. The molecule has 0 aromatic rings. The van der Waals surface area contributed by atoms with Gasteiger partial charge in [0.25, 0.3) is 0 Å². The zero-order valence-corrected chi connectivity index (χ0v) is 11.4. The van der Waals surface area contributed by atoms with Crippen LogP contribution in [0, 0.1) is 5.92 Å². The van der Waals surface area contributed by atoms with Gasteiger partial charge in [0.15, 0.2) is 0 Å². The standard InChI is InChI=1S/C14H28N2O/c1-3-4-10-15-14(17)11-16-12(2)13-8-6-5-7-9-13/h12-13,16H,3-11H2,1-2H3,(H,15,17)/t12-/m1/s1. The summed E-state index contributed by atoms with van der Waals surface area (Å²) in [7, 11) is 0. The Morgan fingerprint density at radius 1 is 1.29 bits per heavy atom. The second-order valence-corrected chi connectivity index (χ2v) is 5.27. The molecule has 0 saturated heterocycles. The Bertz CT molecular complexity index is 212. The molecule has 0 bridgehead atoms. The minimum Gasteiger partial charge on any atom is -0.355 e. The highest BCUT2D eigenvalue weighted by Gasteiger charge is 2.19. The third-order valence-corrected chi connectivity index (χ3v) is 3.79. The molecule has 1 rings (SSSR count). The van der Waals surface area contributed by atoms with Crippen molar-refractivity contribution >= 4 is 5.91 Å². The summed E-state index contributed by atoms with van der Waals surface area (Å²) >= 11 is 0. The maximum Gasteiger partial charge on any atom is 0.233 e. The highest BCUT2D eigenvalue weighted by Crippen LogP contribution is 2.26. The monoisotopic (exact) mass is 240 g/mol. The second kappa shape index (κ2) is 8.51. The topological polar surface area (TPSA) is 41.1 Å². The minimum atomic E-state index is 0.140. The van der Waals surface area contributed by atoms with Crippen molar-refractivity contribution in [3.05, 3.63) is 0 Å². The van der Waals surface area contributed by atoms with Crippen LogP contribution in [0.15, 0.2) is 0 Å². The van der Waals surface area contributed by atoms with Crippen LogP contribution >= 0.6 is 0 Å². The lowest BCUT2D eigenvalue weighted by Gasteiger charge is -2.28. The molecule has 1 fully saturated rings. The maximum absolute atomic E-state index is 11.5. The van der Waals surface area contributed by atoms with Crippen molar-refractivity contribution in [2.75, 3.05) is 13.1 Å². The molecule has 0 aromatic heterocycles. The van der Waals surface area contributed by atoms with E-state index in [0.29, 0.717) is 12.6 Å². The van der Waals surface area contributed by atoms with E-state index in [1.807, 2.05) is 0 Å². The molecule has 3 heteroatoms. The molecule has 3 nitrogen and oxygen atoms in total. The van der Waals surface area contributed by atoms with E-state index in [1.165, 1.54) is 32.1 Å². The highest BCUT2D eigenvalue weighted by atomic mass is 16.1. The summed E-state index contributed by atoms with van der Waals surface area (Å²) in [5.41, 5.74) is 0. The molecular formula is C14H28N2O. The lowest BCUT2D eigenvalue weighted by atomic mass is 9.84. The third kappa shape index (κ3) is 6.06. The average Bonchev–Trinajstić information content (AvgIpc) is 2.37. The van der Waals surface area contributed by atoms with Crippen molar-refractivity contribution < 1.29 is 4.79 Å². The Kier molecular flexibility index (Phi) is 7.25. The van der Waals surface area contributed by atoms with Crippen molar-refractivity contribution in [1.82, 2.24) is 10.6 Å². The quantitative estimate of drug-likeness (QED) is 0.671. The summed E-state index contributed by atoms with van der Waals surface area (Å²) in [4.78, 5) is 11.5. The van der Waals surface area contributed by atoms with Crippen LogP contribution in [0.2, 0.25) is 0 Å². The molecule has 1 aliphatic carbocycles. The fourth-order valence-corrected chi connectivity index (χ4v) is 2.52. The summed E-state index contributed by atoms with van der Waals surface area (Å²) in [5, 5.41) is 6.31. The van der Waals surface area contributed by atoms with E-state index in [2.05, 4.69) is 24.5 Å². The van der Waals surface area contributed by atoms with Gasteiger partial charge < -0.3 is 10.6 Å². The van der Waals surface area contributed by atoms with E-state index in [0.717, 1.165) is 25.3 Å². The maximum atomic E-state index is 11.5. The Balaban J connectivity index is 2.09. The molecule has 0 heterocycles. The van der Waals surface area contributed by atoms with E-state index in [1.54, 1.807) is 0 Å². The third-order valence-electron chi connectivity index (χ3n) is 3.79.